The fourth-order valence-corrected chi connectivity index (χ4v) is 1.40. The zero-order chi connectivity index (χ0) is 10.0. The Morgan fingerprint density at radius 3 is 2.08 bits per heavy atom. The van der Waals surface area contributed by atoms with Crippen LogP contribution in [0.3, 0.4) is 0 Å². The van der Waals surface area contributed by atoms with Crippen molar-refractivity contribution in [2.24, 2.45) is 0 Å². The molecule has 2 nitrogen and oxygen atoms in total. The van der Waals surface area contributed by atoms with Gasteiger partial charge in [-0.15, -0.1) is 0 Å². The first-order valence-electron chi connectivity index (χ1n) is 4.29. The Morgan fingerprint density at radius 1 is 1.23 bits per heavy atom. The molecule has 1 rings (SSSR count). The van der Waals surface area contributed by atoms with Crippen molar-refractivity contribution in [3.05, 3.63) is 34.9 Å². The lowest BCUT2D eigenvalue weighted by Crippen LogP contribution is -2.28. The predicted octanol–water partition coefficient (Wildman–Crippen LogP) is 1.16. The van der Waals surface area contributed by atoms with Crippen LogP contribution in [-0.2, 0) is 4.79 Å². The summed E-state index contributed by atoms with van der Waals surface area (Å²) in [6.07, 6.45) is 0. The molecule has 0 heterocycles. The third kappa shape index (κ3) is 2.31. The first-order valence-corrected chi connectivity index (χ1v) is 4.29. The normalized spacial score (nSPS) is 12.5. The lowest BCUT2D eigenvalue weighted by Gasteiger charge is -2.14. The average molecular weight is 177 g/mol. The van der Waals surface area contributed by atoms with Crippen molar-refractivity contribution in [3.63, 3.8) is 0 Å². The van der Waals surface area contributed by atoms with Gasteiger partial charge in [0.05, 0.1) is 0 Å². The molecule has 2 heteroatoms. The molecule has 1 unspecified atom stereocenters. The minimum atomic E-state index is -1.02. The number of carbonyl (C=O) groups excluding carboxylic acids is 1. The van der Waals surface area contributed by atoms with Gasteiger partial charge in [0.25, 0.3) is 0 Å². The molecule has 0 N–H and O–H groups in total. The summed E-state index contributed by atoms with van der Waals surface area (Å²) >= 11 is 0. The molecule has 0 aliphatic heterocycles. The van der Waals surface area contributed by atoms with Crippen LogP contribution in [0.4, 0.5) is 0 Å². The number of aliphatic carboxylic acids is 1. The van der Waals surface area contributed by atoms with Crippen LogP contribution in [0.1, 0.15) is 29.5 Å². The fourth-order valence-electron chi connectivity index (χ4n) is 1.40. The van der Waals surface area contributed by atoms with Gasteiger partial charge in [-0.25, -0.2) is 0 Å². The van der Waals surface area contributed by atoms with Crippen LogP contribution in [0.25, 0.3) is 0 Å². The fraction of sp³-hybridized carbons (Fsp3) is 0.364. The number of aryl methyl sites for hydroxylation is 2. The molecule has 70 valence electrons. The molecule has 0 aromatic heterocycles. The number of rotatable bonds is 2. The van der Waals surface area contributed by atoms with Crippen molar-refractivity contribution in [1.29, 1.82) is 0 Å². The van der Waals surface area contributed by atoms with E-state index in [-0.39, 0.29) is 0 Å². The van der Waals surface area contributed by atoms with Crippen LogP contribution < -0.4 is 5.11 Å². The van der Waals surface area contributed by atoms with E-state index in [0.717, 1.165) is 16.7 Å². The van der Waals surface area contributed by atoms with Crippen molar-refractivity contribution in [2.75, 3.05) is 0 Å². The van der Waals surface area contributed by atoms with Crippen molar-refractivity contribution >= 4 is 5.97 Å². The van der Waals surface area contributed by atoms with E-state index < -0.39 is 11.9 Å². The van der Waals surface area contributed by atoms with E-state index in [1.54, 1.807) is 6.92 Å². The standard InChI is InChI=1S/C11H14O2/c1-7-4-8(2)6-10(5-7)9(3)11(12)13/h4-6,9H,1-3H3,(H,12,13)/p-1. The molecule has 0 saturated heterocycles. The van der Waals surface area contributed by atoms with Gasteiger partial charge in [0.1, 0.15) is 0 Å². The van der Waals surface area contributed by atoms with Crippen LogP contribution in [0.2, 0.25) is 0 Å². The topological polar surface area (TPSA) is 40.1 Å². The molecule has 0 aliphatic rings. The summed E-state index contributed by atoms with van der Waals surface area (Å²) in [6, 6.07) is 5.78. The maximum absolute atomic E-state index is 10.6. The lowest BCUT2D eigenvalue weighted by atomic mass is 9.97. The predicted molar refractivity (Wildman–Crippen MR) is 49.3 cm³/mol. The summed E-state index contributed by atoms with van der Waals surface area (Å²) in [6.45, 7) is 5.56. The number of carboxylic acids is 1. The molecule has 1 atom stereocenters. The second kappa shape index (κ2) is 3.60. The van der Waals surface area contributed by atoms with Crippen molar-refractivity contribution in [3.8, 4) is 0 Å². The third-order valence-corrected chi connectivity index (χ3v) is 2.10. The number of hydrogen-bond donors (Lipinski definition) is 0. The third-order valence-electron chi connectivity index (χ3n) is 2.10. The molecule has 0 bridgehead atoms. The molecule has 1 aromatic rings. The van der Waals surface area contributed by atoms with Crippen LogP contribution in [0, 0.1) is 13.8 Å². The summed E-state index contributed by atoms with van der Waals surface area (Å²) in [7, 11) is 0. The minimum absolute atomic E-state index is 0.529. The van der Waals surface area contributed by atoms with Gasteiger partial charge in [-0.05, 0) is 19.4 Å². The highest BCUT2D eigenvalue weighted by atomic mass is 16.4. The molecule has 0 saturated carbocycles. The molecule has 0 aliphatic carbocycles. The Kier molecular flexibility index (Phi) is 2.71. The van der Waals surface area contributed by atoms with E-state index in [0.29, 0.717) is 0 Å². The second-order valence-electron chi connectivity index (χ2n) is 3.46. The zero-order valence-corrected chi connectivity index (χ0v) is 8.13. The number of hydrogen-bond acceptors (Lipinski definition) is 2. The largest absolute Gasteiger partial charge is 0.550 e. The van der Waals surface area contributed by atoms with Crippen LogP contribution >= 0.6 is 0 Å². The Bertz CT molecular complexity index is 309. The summed E-state index contributed by atoms with van der Waals surface area (Å²) in [5.74, 6) is -1.55. The van der Waals surface area contributed by atoms with Gasteiger partial charge in [0.2, 0.25) is 0 Å². The Labute approximate surface area is 78.2 Å². The highest BCUT2D eigenvalue weighted by Gasteiger charge is 2.06. The summed E-state index contributed by atoms with van der Waals surface area (Å²) in [5, 5.41) is 10.6. The summed E-state index contributed by atoms with van der Waals surface area (Å²) in [5.41, 5.74) is 2.99. The Hall–Kier alpha value is -1.31. The first-order chi connectivity index (χ1) is 6.00. The molecule has 1 aromatic carbocycles. The SMILES string of the molecule is Cc1cc(C)cc(C(C)C(=O)[O-])c1. The quantitative estimate of drug-likeness (QED) is 0.680. The number of carboxylic acid groups (broad SMARTS) is 1. The summed E-state index contributed by atoms with van der Waals surface area (Å²) < 4.78 is 0. The van der Waals surface area contributed by atoms with Crippen LogP contribution in [0.15, 0.2) is 18.2 Å². The van der Waals surface area contributed by atoms with Gasteiger partial charge in [-0.3, -0.25) is 0 Å². The van der Waals surface area contributed by atoms with Gasteiger partial charge in [0, 0.05) is 11.9 Å². The maximum atomic E-state index is 10.6. The minimum Gasteiger partial charge on any atom is -0.550 e. The first kappa shape index (κ1) is 9.78. The van der Waals surface area contributed by atoms with Gasteiger partial charge in [-0.1, -0.05) is 36.2 Å². The van der Waals surface area contributed by atoms with E-state index in [1.807, 2.05) is 32.0 Å². The van der Waals surface area contributed by atoms with Crippen molar-refractivity contribution in [2.45, 2.75) is 26.7 Å². The second-order valence-corrected chi connectivity index (χ2v) is 3.46. The van der Waals surface area contributed by atoms with Gasteiger partial charge in [-0.2, -0.15) is 0 Å². The number of carbonyl (C=O) groups is 1. The average Bonchev–Trinajstić information content (AvgIpc) is 2.01. The Balaban J connectivity index is 3.07. The van der Waals surface area contributed by atoms with E-state index >= 15 is 0 Å². The van der Waals surface area contributed by atoms with Gasteiger partial charge < -0.3 is 9.90 Å². The molecule has 0 fully saturated rings. The summed E-state index contributed by atoms with van der Waals surface area (Å²) in [4.78, 5) is 10.6. The van der Waals surface area contributed by atoms with E-state index in [4.69, 9.17) is 0 Å². The van der Waals surface area contributed by atoms with E-state index in [9.17, 15) is 9.90 Å². The van der Waals surface area contributed by atoms with E-state index in [1.165, 1.54) is 0 Å². The van der Waals surface area contributed by atoms with Crippen molar-refractivity contribution in [1.82, 2.24) is 0 Å². The molecule has 13 heavy (non-hydrogen) atoms. The highest BCUT2D eigenvalue weighted by Crippen LogP contribution is 2.17. The highest BCUT2D eigenvalue weighted by molar-refractivity contribution is 5.73. The molecule has 0 radical (unpaired) electrons. The lowest BCUT2D eigenvalue weighted by molar-refractivity contribution is -0.307. The number of benzene rings is 1. The molecular weight excluding hydrogens is 164 g/mol. The van der Waals surface area contributed by atoms with Crippen molar-refractivity contribution < 1.29 is 9.90 Å². The van der Waals surface area contributed by atoms with Gasteiger partial charge in [0.15, 0.2) is 0 Å². The van der Waals surface area contributed by atoms with E-state index in [2.05, 4.69) is 0 Å². The molecule has 0 amide bonds. The van der Waals surface area contributed by atoms with Crippen LogP contribution in [-0.4, -0.2) is 5.97 Å². The zero-order valence-electron chi connectivity index (χ0n) is 8.13. The molecular formula is C11H13O2-. The van der Waals surface area contributed by atoms with Crippen LogP contribution in [0.5, 0.6) is 0 Å². The van der Waals surface area contributed by atoms with Gasteiger partial charge >= 0.3 is 0 Å². The smallest absolute Gasteiger partial charge is 0.0486 e. The molecule has 0 spiro atoms. The Morgan fingerprint density at radius 2 is 1.69 bits per heavy atom. The maximum Gasteiger partial charge on any atom is 0.0486 e. The monoisotopic (exact) mass is 177 g/mol.